The van der Waals surface area contributed by atoms with E-state index in [1.807, 2.05) is 39.8 Å². The highest BCUT2D eigenvalue weighted by molar-refractivity contribution is 5.68. The Bertz CT molecular complexity index is 1190. The molecule has 0 aromatic heterocycles. The smallest absolute Gasteiger partial charge is 0.245 e. The van der Waals surface area contributed by atoms with Crippen molar-refractivity contribution in [2.45, 2.75) is 107 Å². The fourth-order valence-electron chi connectivity index (χ4n) is 5.41. The molecule has 2 saturated heterocycles. The second kappa shape index (κ2) is 13.1. The molecule has 0 bridgehead atoms. The van der Waals surface area contributed by atoms with Crippen molar-refractivity contribution in [3.8, 4) is 22.6 Å². The molecule has 10 atom stereocenters. The van der Waals surface area contributed by atoms with Gasteiger partial charge in [0.25, 0.3) is 0 Å². The normalized spacial score (nSPS) is 36.1. The summed E-state index contributed by atoms with van der Waals surface area (Å²) < 4.78 is 23.1. The number of nitrogens with two attached hydrogens (primary N) is 1. The van der Waals surface area contributed by atoms with Gasteiger partial charge in [0.05, 0.1) is 13.2 Å². The van der Waals surface area contributed by atoms with Crippen molar-refractivity contribution < 1.29 is 59.8 Å². The van der Waals surface area contributed by atoms with Gasteiger partial charge in [-0.05, 0) is 65.3 Å². The molecule has 2 aromatic carbocycles. The van der Waals surface area contributed by atoms with Gasteiger partial charge in [0, 0.05) is 0 Å². The number of benzene rings is 2. The summed E-state index contributed by atoms with van der Waals surface area (Å²) in [5, 5.41) is 81.8. The molecule has 2 aliphatic heterocycles. The molecular formula is C31H45NO12. The van der Waals surface area contributed by atoms with Gasteiger partial charge in [0.15, 0.2) is 5.60 Å². The average Bonchev–Trinajstić information content (AvgIpc) is 2.98. The van der Waals surface area contributed by atoms with E-state index in [-0.39, 0.29) is 11.8 Å². The van der Waals surface area contributed by atoms with Gasteiger partial charge in [0.2, 0.25) is 18.3 Å². The van der Waals surface area contributed by atoms with Crippen LogP contribution in [0.1, 0.15) is 57.6 Å². The summed E-state index contributed by atoms with van der Waals surface area (Å²) in [5.41, 5.74) is 4.57. The predicted octanol–water partition coefficient (Wildman–Crippen LogP) is -0.366. The molecule has 0 aliphatic carbocycles. The molecule has 2 heterocycles. The van der Waals surface area contributed by atoms with Crippen molar-refractivity contribution >= 4 is 0 Å². The lowest BCUT2D eigenvalue weighted by molar-refractivity contribution is -0.319. The van der Waals surface area contributed by atoms with Crippen molar-refractivity contribution in [3.63, 3.8) is 0 Å². The zero-order valence-corrected chi connectivity index (χ0v) is 25.4. The zero-order chi connectivity index (χ0) is 32.7. The van der Waals surface area contributed by atoms with Crippen LogP contribution < -0.4 is 15.2 Å². The van der Waals surface area contributed by atoms with Crippen LogP contribution in [0.25, 0.3) is 11.1 Å². The van der Waals surface area contributed by atoms with Crippen molar-refractivity contribution in [2.24, 2.45) is 5.73 Å². The Morgan fingerprint density at radius 1 is 0.727 bits per heavy atom. The number of aliphatic hydroxyl groups is 8. The molecule has 2 aliphatic rings. The van der Waals surface area contributed by atoms with Crippen LogP contribution in [0.2, 0.25) is 0 Å². The molecule has 13 nitrogen and oxygen atoms in total. The minimum Gasteiger partial charge on any atom is -0.461 e. The third-order valence-corrected chi connectivity index (χ3v) is 8.36. The number of hydrogen-bond donors (Lipinski definition) is 9. The summed E-state index contributed by atoms with van der Waals surface area (Å²) in [7, 11) is 0. The fourth-order valence-corrected chi connectivity index (χ4v) is 5.41. The molecule has 0 unspecified atom stereocenters. The number of ether oxygens (including phenoxy) is 4. The average molecular weight is 624 g/mol. The van der Waals surface area contributed by atoms with Crippen LogP contribution in [0.4, 0.5) is 0 Å². The lowest BCUT2D eigenvalue weighted by Gasteiger charge is -2.46. The van der Waals surface area contributed by atoms with Crippen LogP contribution in [0, 0.1) is 0 Å². The van der Waals surface area contributed by atoms with Gasteiger partial charge < -0.3 is 59.8 Å². The highest BCUT2D eigenvalue weighted by atomic mass is 16.7. The lowest BCUT2D eigenvalue weighted by Crippen LogP contribution is -2.72. The number of hydrogen-bond acceptors (Lipinski definition) is 13. The summed E-state index contributed by atoms with van der Waals surface area (Å²) in [4.78, 5) is 0. The maximum atomic E-state index is 10.9. The van der Waals surface area contributed by atoms with Crippen LogP contribution in [-0.2, 0) is 9.47 Å². The van der Waals surface area contributed by atoms with Gasteiger partial charge in [-0.15, -0.1) is 0 Å². The van der Waals surface area contributed by atoms with Crippen molar-refractivity contribution in [1.82, 2.24) is 0 Å². The SMILES string of the molecule is CC(C)c1cc(-c2ccc(O[C@H]3O[C@H](CO)[C@@H](O)[C@H](O)[C@]3(N)O)c(C(C)C)c2)ccc1O[C@H]1O[C@H](CO)[C@@H](O)[C@H](O)[C@]1(C)O. The Morgan fingerprint density at radius 2 is 1.14 bits per heavy atom. The molecule has 10 N–H and O–H groups in total. The van der Waals surface area contributed by atoms with E-state index in [9.17, 15) is 40.9 Å². The van der Waals surface area contributed by atoms with E-state index in [1.54, 1.807) is 24.3 Å². The van der Waals surface area contributed by atoms with Gasteiger partial charge in [-0.25, -0.2) is 0 Å². The van der Waals surface area contributed by atoms with Crippen LogP contribution in [-0.4, -0.2) is 115 Å². The largest absolute Gasteiger partial charge is 0.461 e. The first-order chi connectivity index (χ1) is 20.5. The lowest BCUT2D eigenvalue weighted by atomic mass is 9.88. The topological polar surface area (TPSA) is 225 Å². The first-order valence-corrected chi connectivity index (χ1v) is 14.6. The summed E-state index contributed by atoms with van der Waals surface area (Å²) in [6.07, 6.45) is -11.9. The molecule has 0 spiro atoms. The van der Waals surface area contributed by atoms with Crippen LogP contribution in [0.15, 0.2) is 36.4 Å². The van der Waals surface area contributed by atoms with E-state index in [4.69, 9.17) is 24.7 Å². The molecule has 0 amide bonds. The van der Waals surface area contributed by atoms with Crippen molar-refractivity contribution in [3.05, 3.63) is 47.5 Å². The predicted molar refractivity (Wildman–Crippen MR) is 157 cm³/mol. The third kappa shape index (κ3) is 6.46. The first kappa shape index (κ1) is 34.5. The van der Waals surface area contributed by atoms with E-state index in [2.05, 4.69) is 0 Å². The Labute approximate surface area is 256 Å². The van der Waals surface area contributed by atoms with Gasteiger partial charge in [-0.1, -0.05) is 39.8 Å². The van der Waals surface area contributed by atoms with E-state index in [0.717, 1.165) is 22.3 Å². The van der Waals surface area contributed by atoms with Crippen LogP contribution in [0.3, 0.4) is 0 Å². The highest BCUT2D eigenvalue weighted by Gasteiger charge is 2.55. The molecule has 2 fully saturated rings. The van der Waals surface area contributed by atoms with Gasteiger partial charge in [0.1, 0.15) is 48.1 Å². The van der Waals surface area contributed by atoms with E-state index in [0.29, 0.717) is 11.5 Å². The maximum Gasteiger partial charge on any atom is 0.245 e. The molecule has 13 heteroatoms. The summed E-state index contributed by atoms with van der Waals surface area (Å²) >= 11 is 0. The molecule has 44 heavy (non-hydrogen) atoms. The summed E-state index contributed by atoms with van der Waals surface area (Å²) in [6.45, 7) is 7.88. The second-order valence-corrected chi connectivity index (χ2v) is 12.4. The maximum absolute atomic E-state index is 10.9. The van der Waals surface area contributed by atoms with E-state index in [1.165, 1.54) is 6.92 Å². The molecule has 0 saturated carbocycles. The van der Waals surface area contributed by atoms with Crippen LogP contribution in [0.5, 0.6) is 11.5 Å². The van der Waals surface area contributed by atoms with E-state index >= 15 is 0 Å². The number of rotatable bonds is 9. The Morgan fingerprint density at radius 3 is 1.57 bits per heavy atom. The van der Waals surface area contributed by atoms with Crippen molar-refractivity contribution in [1.29, 1.82) is 0 Å². The molecule has 0 radical (unpaired) electrons. The number of aliphatic hydroxyl groups excluding tert-OH is 6. The standard InChI is InChI=1S/C31H45NO12/c1-14(2)18-10-16(6-8-20(18)41-28-30(5,39)26(37)24(35)22(12-33)43-28)17-7-9-21(19(11-17)15(3)4)42-29-31(32,40)27(38)25(36)23(13-34)44-29/h6-11,14-15,22-29,33-40H,12-13,32H2,1-5H3/t22-,23-,24-,25-,26+,27+,28+,29+,30+,31+/m1/s1. The Hall–Kier alpha value is -2.40. The highest BCUT2D eigenvalue weighted by Crippen LogP contribution is 2.39. The van der Waals surface area contributed by atoms with Gasteiger partial charge in [-0.3, -0.25) is 5.73 Å². The quantitative estimate of drug-likeness (QED) is 0.163. The molecule has 246 valence electrons. The Kier molecular flexibility index (Phi) is 10.3. The van der Waals surface area contributed by atoms with Crippen LogP contribution >= 0.6 is 0 Å². The third-order valence-electron chi connectivity index (χ3n) is 8.36. The van der Waals surface area contributed by atoms with E-state index < -0.39 is 73.7 Å². The summed E-state index contributed by atoms with van der Waals surface area (Å²) in [6, 6.07) is 10.8. The Balaban J connectivity index is 1.64. The van der Waals surface area contributed by atoms with Gasteiger partial charge in [-0.2, -0.15) is 0 Å². The first-order valence-electron chi connectivity index (χ1n) is 14.6. The summed E-state index contributed by atoms with van der Waals surface area (Å²) in [5.74, 6) is 0.594. The zero-order valence-electron chi connectivity index (χ0n) is 25.4. The minimum absolute atomic E-state index is 0.0400. The molecular weight excluding hydrogens is 578 g/mol. The second-order valence-electron chi connectivity index (χ2n) is 12.4. The molecule has 2 aromatic rings. The minimum atomic E-state index is -2.46. The fraction of sp³-hybridized carbons (Fsp3) is 0.613. The van der Waals surface area contributed by atoms with Gasteiger partial charge >= 0.3 is 0 Å². The monoisotopic (exact) mass is 623 g/mol. The molecule has 4 rings (SSSR count). The van der Waals surface area contributed by atoms with Crippen molar-refractivity contribution in [2.75, 3.05) is 13.2 Å².